The maximum atomic E-state index is 12.0. The number of hydrogen-bond donors (Lipinski definition) is 0. The van der Waals surface area contributed by atoms with E-state index in [4.69, 9.17) is 9.47 Å². The molecule has 0 heterocycles. The maximum Gasteiger partial charge on any atom is 0.349 e. The van der Waals surface area contributed by atoms with Crippen molar-refractivity contribution in [2.45, 2.75) is 33.1 Å². The van der Waals surface area contributed by atoms with Gasteiger partial charge in [0.15, 0.2) is 0 Å². The zero-order valence-corrected chi connectivity index (χ0v) is 14.9. The Labute approximate surface area is 146 Å². The number of esters is 2. The molecule has 0 spiro atoms. The van der Waals surface area contributed by atoms with Gasteiger partial charge in [-0.15, -0.1) is 11.8 Å². The Balaban J connectivity index is 3.39. The third kappa shape index (κ3) is 4.39. The molecule has 0 aromatic heterocycles. The highest BCUT2D eigenvalue weighted by Gasteiger charge is 2.33. The van der Waals surface area contributed by atoms with E-state index in [1.54, 1.807) is 20.1 Å². The van der Waals surface area contributed by atoms with E-state index in [0.717, 1.165) is 6.42 Å². The molecule has 1 aliphatic carbocycles. The average molecular weight is 348 g/mol. The molecule has 0 saturated heterocycles. The van der Waals surface area contributed by atoms with Crippen molar-refractivity contribution in [1.82, 2.24) is 0 Å². The van der Waals surface area contributed by atoms with Gasteiger partial charge >= 0.3 is 11.9 Å². The molecule has 0 aromatic carbocycles. The molecule has 1 fully saturated rings. The third-order valence-electron chi connectivity index (χ3n) is 3.65. The number of carbonyl (C=O) groups is 2. The molecule has 0 N–H and O–H groups in total. The summed E-state index contributed by atoms with van der Waals surface area (Å²) >= 11 is 1.27. The molecule has 6 nitrogen and oxygen atoms in total. The van der Waals surface area contributed by atoms with Crippen LogP contribution in [-0.4, -0.2) is 31.4 Å². The van der Waals surface area contributed by atoms with Gasteiger partial charge in [0.1, 0.15) is 23.3 Å². The van der Waals surface area contributed by atoms with Gasteiger partial charge in [-0.2, -0.15) is 10.5 Å². The quantitative estimate of drug-likeness (QED) is 0.413. The smallest absolute Gasteiger partial charge is 0.349 e. The second kappa shape index (κ2) is 9.79. The van der Waals surface area contributed by atoms with Crippen LogP contribution in [0, 0.1) is 28.6 Å². The van der Waals surface area contributed by atoms with Crippen molar-refractivity contribution in [2.24, 2.45) is 5.92 Å². The van der Waals surface area contributed by atoms with E-state index in [9.17, 15) is 20.1 Å². The van der Waals surface area contributed by atoms with Gasteiger partial charge in [-0.25, -0.2) is 9.59 Å². The Morgan fingerprint density at radius 2 is 1.79 bits per heavy atom. The molecule has 1 atom stereocenters. The third-order valence-corrected chi connectivity index (χ3v) is 4.57. The predicted octanol–water partition coefficient (Wildman–Crippen LogP) is 2.87. The van der Waals surface area contributed by atoms with Crippen LogP contribution in [0.2, 0.25) is 0 Å². The Morgan fingerprint density at radius 1 is 1.17 bits per heavy atom. The van der Waals surface area contributed by atoms with Crippen LogP contribution in [0.3, 0.4) is 0 Å². The first-order valence-corrected chi connectivity index (χ1v) is 8.93. The first-order chi connectivity index (χ1) is 11.5. The van der Waals surface area contributed by atoms with E-state index < -0.39 is 11.9 Å². The first-order valence-electron chi connectivity index (χ1n) is 7.71. The van der Waals surface area contributed by atoms with Crippen LogP contribution in [0.5, 0.6) is 0 Å². The lowest BCUT2D eigenvalue weighted by atomic mass is 9.95. The largest absolute Gasteiger partial charge is 0.462 e. The van der Waals surface area contributed by atoms with Crippen LogP contribution in [0.1, 0.15) is 33.1 Å². The SMILES string of the molecule is CCOC(=O)C(C#N)=C1CCCC1C(SC)=C(C#N)C(=O)OCC. The van der Waals surface area contributed by atoms with Crippen molar-refractivity contribution in [1.29, 1.82) is 10.5 Å². The minimum absolute atomic E-state index is 0.0213. The van der Waals surface area contributed by atoms with Crippen LogP contribution in [-0.2, 0) is 19.1 Å². The molecule has 1 rings (SSSR count). The highest BCUT2D eigenvalue weighted by molar-refractivity contribution is 8.02. The molecule has 1 aliphatic rings. The monoisotopic (exact) mass is 348 g/mol. The van der Waals surface area contributed by atoms with Crippen molar-refractivity contribution >= 4 is 23.7 Å². The molecule has 1 saturated carbocycles. The summed E-state index contributed by atoms with van der Waals surface area (Å²) in [6, 6.07) is 3.83. The van der Waals surface area contributed by atoms with Gasteiger partial charge < -0.3 is 9.47 Å². The Hall–Kier alpha value is -2.25. The van der Waals surface area contributed by atoms with Crippen molar-refractivity contribution in [3.05, 3.63) is 21.6 Å². The Kier molecular flexibility index (Phi) is 8.08. The van der Waals surface area contributed by atoms with Gasteiger partial charge in [0.2, 0.25) is 0 Å². The number of carbonyl (C=O) groups excluding carboxylic acids is 2. The summed E-state index contributed by atoms with van der Waals surface area (Å²) in [5, 5.41) is 18.7. The summed E-state index contributed by atoms with van der Waals surface area (Å²) in [5.41, 5.74) is 0.555. The molecule has 24 heavy (non-hydrogen) atoms. The molecule has 0 bridgehead atoms. The van der Waals surface area contributed by atoms with E-state index >= 15 is 0 Å². The molecular weight excluding hydrogens is 328 g/mol. The topological polar surface area (TPSA) is 100 Å². The van der Waals surface area contributed by atoms with Gasteiger partial charge in [-0.3, -0.25) is 0 Å². The summed E-state index contributed by atoms with van der Waals surface area (Å²) in [7, 11) is 0. The molecular formula is C17H20N2O4S. The fourth-order valence-electron chi connectivity index (χ4n) is 2.71. The number of rotatable bonds is 6. The van der Waals surface area contributed by atoms with Crippen LogP contribution < -0.4 is 0 Å². The Bertz CT molecular complexity index is 652. The zero-order valence-electron chi connectivity index (χ0n) is 14.0. The lowest BCUT2D eigenvalue weighted by Gasteiger charge is -2.17. The standard InChI is InChI=1S/C17H20N2O4S/c1-4-22-16(20)13(9-18)11-7-6-8-12(11)15(24-3)14(10-19)17(21)23-5-2/h12H,4-8H2,1-3H3. The number of nitrogens with zero attached hydrogens (tertiary/aromatic N) is 2. The number of allylic oxidation sites excluding steroid dienone is 2. The highest BCUT2D eigenvalue weighted by Crippen LogP contribution is 2.43. The fourth-order valence-corrected chi connectivity index (χ4v) is 3.59. The average Bonchev–Trinajstić information content (AvgIpc) is 3.02. The summed E-state index contributed by atoms with van der Waals surface area (Å²) in [5.74, 6) is -1.64. The van der Waals surface area contributed by atoms with Gasteiger partial charge in [0.05, 0.1) is 13.2 Å². The van der Waals surface area contributed by atoms with E-state index in [2.05, 4.69) is 0 Å². The molecule has 0 aromatic rings. The van der Waals surface area contributed by atoms with E-state index in [1.165, 1.54) is 11.8 Å². The first kappa shape index (κ1) is 19.8. The van der Waals surface area contributed by atoms with Crippen molar-refractivity contribution in [2.75, 3.05) is 19.5 Å². The predicted molar refractivity (Wildman–Crippen MR) is 89.4 cm³/mol. The van der Waals surface area contributed by atoms with E-state index in [-0.39, 0.29) is 30.3 Å². The molecule has 0 radical (unpaired) electrons. The van der Waals surface area contributed by atoms with Crippen LogP contribution in [0.25, 0.3) is 0 Å². The minimum atomic E-state index is -0.676. The minimum Gasteiger partial charge on any atom is -0.462 e. The zero-order chi connectivity index (χ0) is 18.1. The summed E-state index contributed by atoms with van der Waals surface area (Å²) in [6.45, 7) is 3.69. The second-order valence-corrected chi connectivity index (χ2v) is 5.80. The van der Waals surface area contributed by atoms with Crippen LogP contribution in [0.4, 0.5) is 0 Å². The fraction of sp³-hybridized carbons (Fsp3) is 0.529. The van der Waals surface area contributed by atoms with Gasteiger partial charge in [0.25, 0.3) is 0 Å². The van der Waals surface area contributed by atoms with Crippen LogP contribution in [0.15, 0.2) is 21.6 Å². The maximum absolute atomic E-state index is 12.0. The number of hydrogen-bond acceptors (Lipinski definition) is 7. The number of thioether (sulfide) groups is 1. The van der Waals surface area contributed by atoms with Crippen LogP contribution >= 0.6 is 11.8 Å². The second-order valence-electron chi connectivity index (χ2n) is 4.95. The lowest BCUT2D eigenvalue weighted by molar-refractivity contribution is -0.138. The summed E-state index contributed by atoms with van der Waals surface area (Å²) in [4.78, 5) is 24.6. The van der Waals surface area contributed by atoms with Crippen molar-refractivity contribution in [3.8, 4) is 12.1 Å². The Morgan fingerprint density at radius 3 is 2.29 bits per heavy atom. The molecule has 128 valence electrons. The van der Waals surface area contributed by atoms with Gasteiger partial charge in [-0.1, -0.05) is 0 Å². The van der Waals surface area contributed by atoms with Gasteiger partial charge in [0, 0.05) is 10.8 Å². The van der Waals surface area contributed by atoms with E-state index in [0.29, 0.717) is 23.3 Å². The molecule has 0 amide bonds. The highest BCUT2D eigenvalue weighted by atomic mass is 32.2. The van der Waals surface area contributed by atoms with E-state index in [1.807, 2.05) is 12.1 Å². The molecule has 7 heteroatoms. The summed E-state index contributed by atoms with van der Waals surface area (Å²) < 4.78 is 9.88. The lowest BCUT2D eigenvalue weighted by Crippen LogP contribution is -2.15. The molecule has 0 aliphatic heterocycles. The van der Waals surface area contributed by atoms with Crippen molar-refractivity contribution < 1.29 is 19.1 Å². The summed E-state index contributed by atoms with van der Waals surface area (Å²) in [6.07, 6.45) is 3.77. The normalized spacial score (nSPS) is 19.6. The van der Waals surface area contributed by atoms with Gasteiger partial charge in [-0.05, 0) is 44.9 Å². The van der Waals surface area contributed by atoms with Crippen molar-refractivity contribution in [3.63, 3.8) is 0 Å². The number of nitriles is 2. The molecule has 1 unspecified atom stereocenters. The number of ether oxygens (including phenoxy) is 2.